The molecule has 0 heterocycles. The molecule has 0 radical (unpaired) electrons. The van der Waals surface area contributed by atoms with Crippen LogP contribution in [0.3, 0.4) is 0 Å². The maximum atomic E-state index is 9.40. The van der Waals surface area contributed by atoms with E-state index in [0.717, 1.165) is 0 Å². The lowest BCUT2D eigenvalue weighted by atomic mass is 10.0. The summed E-state index contributed by atoms with van der Waals surface area (Å²) in [7, 11) is 0. The molecule has 0 aromatic heterocycles. The van der Waals surface area contributed by atoms with Gasteiger partial charge in [-0.2, -0.15) is 0 Å². The predicted molar refractivity (Wildman–Crippen MR) is 51.7 cm³/mol. The number of rotatable bonds is 2. The van der Waals surface area contributed by atoms with Gasteiger partial charge in [0.1, 0.15) is 5.75 Å². The molecular weight excluding hydrogens is 190 g/mol. The van der Waals surface area contributed by atoms with E-state index in [2.05, 4.69) is 0 Å². The van der Waals surface area contributed by atoms with Gasteiger partial charge in [0.2, 0.25) is 0 Å². The first-order valence-corrected chi connectivity index (χ1v) is 4.32. The van der Waals surface area contributed by atoms with Crippen molar-refractivity contribution in [3.63, 3.8) is 0 Å². The topological polar surface area (TPSA) is 66.5 Å². The van der Waals surface area contributed by atoms with Gasteiger partial charge in [-0.05, 0) is 25.1 Å². The van der Waals surface area contributed by atoms with Crippen LogP contribution in [-0.4, -0.2) is 16.3 Å². The predicted octanol–water partition coefficient (Wildman–Crippen LogP) is 1.43. The van der Waals surface area contributed by atoms with Crippen LogP contribution in [-0.2, 0) is 0 Å². The van der Waals surface area contributed by atoms with E-state index < -0.39 is 12.1 Å². The molecule has 4 N–H and O–H groups in total. The Labute approximate surface area is 81.8 Å². The highest BCUT2D eigenvalue weighted by Crippen LogP contribution is 2.27. The molecule has 0 aliphatic rings. The summed E-state index contributed by atoms with van der Waals surface area (Å²) in [5.41, 5.74) is 6.10. The smallest absolute Gasteiger partial charge is 0.120 e. The molecule has 0 fully saturated rings. The fourth-order valence-corrected chi connectivity index (χ4v) is 1.23. The van der Waals surface area contributed by atoms with Crippen LogP contribution in [0.1, 0.15) is 18.5 Å². The van der Waals surface area contributed by atoms with E-state index in [1.54, 1.807) is 19.1 Å². The Bertz CT molecular complexity index is 302. The number of hydrogen-bond donors (Lipinski definition) is 3. The maximum absolute atomic E-state index is 9.40. The minimum Gasteiger partial charge on any atom is -0.508 e. The Morgan fingerprint density at radius 3 is 2.62 bits per heavy atom. The SMILES string of the molecule is C[C@H](O)[C@@H](N)c1cc(Cl)ccc1O. The van der Waals surface area contributed by atoms with Crippen LogP contribution in [0.5, 0.6) is 5.75 Å². The molecule has 0 bridgehead atoms. The van der Waals surface area contributed by atoms with Gasteiger partial charge in [0.05, 0.1) is 12.1 Å². The van der Waals surface area contributed by atoms with Crippen molar-refractivity contribution in [2.75, 3.05) is 0 Å². The molecule has 0 spiro atoms. The molecule has 0 saturated heterocycles. The van der Waals surface area contributed by atoms with Crippen LogP contribution in [0.2, 0.25) is 5.02 Å². The van der Waals surface area contributed by atoms with Crippen LogP contribution in [0, 0.1) is 0 Å². The summed E-state index contributed by atoms with van der Waals surface area (Å²) >= 11 is 5.72. The zero-order chi connectivity index (χ0) is 10.0. The Hall–Kier alpha value is -0.770. The summed E-state index contributed by atoms with van der Waals surface area (Å²) in [6, 6.07) is 3.96. The van der Waals surface area contributed by atoms with Crippen molar-refractivity contribution in [1.82, 2.24) is 0 Å². The van der Waals surface area contributed by atoms with E-state index in [-0.39, 0.29) is 5.75 Å². The monoisotopic (exact) mass is 201 g/mol. The fourth-order valence-electron chi connectivity index (χ4n) is 1.05. The highest BCUT2D eigenvalue weighted by atomic mass is 35.5. The molecule has 72 valence electrons. The van der Waals surface area contributed by atoms with E-state index in [4.69, 9.17) is 17.3 Å². The molecule has 1 aromatic carbocycles. The van der Waals surface area contributed by atoms with Gasteiger partial charge in [0, 0.05) is 10.6 Å². The van der Waals surface area contributed by atoms with Gasteiger partial charge in [0.25, 0.3) is 0 Å². The second-order valence-corrected chi connectivity index (χ2v) is 3.41. The van der Waals surface area contributed by atoms with Gasteiger partial charge in [-0.3, -0.25) is 0 Å². The Balaban J connectivity index is 3.05. The average molecular weight is 202 g/mol. The first kappa shape index (κ1) is 10.3. The average Bonchev–Trinajstić information content (AvgIpc) is 2.08. The van der Waals surface area contributed by atoms with E-state index in [0.29, 0.717) is 10.6 Å². The molecule has 4 heteroatoms. The number of aliphatic hydroxyl groups excluding tert-OH is 1. The summed E-state index contributed by atoms with van der Waals surface area (Å²) in [6.45, 7) is 1.56. The second kappa shape index (κ2) is 3.96. The number of benzene rings is 1. The van der Waals surface area contributed by atoms with Crippen molar-refractivity contribution in [3.05, 3.63) is 28.8 Å². The van der Waals surface area contributed by atoms with Crippen LogP contribution in [0.25, 0.3) is 0 Å². The number of nitrogens with two attached hydrogens (primary N) is 1. The third-order valence-electron chi connectivity index (χ3n) is 1.87. The molecule has 0 aliphatic carbocycles. The van der Waals surface area contributed by atoms with Crippen molar-refractivity contribution in [1.29, 1.82) is 0 Å². The molecule has 0 aliphatic heterocycles. The lowest BCUT2D eigenvalue weighted by Crippen LogP contribution is -2.23. The molecule has 0 saturated carbocycles. The largest absolute Gasteiger partial charge is 0.508 e. The first-order valence-electron chi connectivity index (χ1n) is 3.94. The van der Waals surface area contributed by atoms with Crippen LogP contribution in [0.4, 0.5) is 0 Å². The second-order valence-electron chi connectivity index (χ2n) is 2.97. The minimum absolute atomic E-state index is 0.0535. The maximum Gasteiger partial charge on any atom is 0.120 e. The van der Waals surface area contributed by atoms with Gasteiger partial charge in [-0.15, -0.1) is 0 Å². The van der Waals surface area contributed by atoms with Crippen molar-refractivity contribution in [3.8, 4) is 5.75 Å². The molecule has 1 aromatic rings. The van der Waals surface area contributed by atoms with Crippen molar-refractivity contribution in [2.45, 2.75) is 19.1 Å². The Kier molecular flexibility index (Phi) is 3.14. The van der Waals surface area contributed by atoms with Crippen LogP contribution < -0.4 is 5.73 Å². The normalized spacial score (nSPS) is 15.4. The Morgan fingerprint density at radius 1 is 1.46 bits per heavy atom. The number of halogens is 1. The standard InChI is InChI=1S/C9H12ClNO2/c1-5(12)9(11)7-4-6(10)2-3-8(7)13/h2-5,9,12-13H,11H2,1H3/t5-,9+/m0/s1. The molecular formula is C9H12ClNO2. The number of hydrogen-bond acceptors (Lipinski definition) is 3. The van der Waals surface area contributed by atoms with E-state index in [1.807, 2.05) is 0 Å². The van der Waals surface area contributed by atoms with Gasteiger partial charge >= 0.3 is 0 Å². The number of aromatic hydroxyl groups is 1. The zero-order valence-corrected chi connectivity index (χ0v) is 7.99. The van der Waals surface area contributed by atoms with E-state index >= 15 is 0 Å². The van der Waals surface area contributed by atoms with Gasteiger partial charge < -0.3 is 15.9 Å². The lowest BCUT2D eigenvalue weighted by Gasteiger charge is -2.16. The highest BCUT2D eigenvalue weighted by molar-refractivity contribution is 6.30. The van der Waals surface area contributed by atoms with Crippen molar-refractivity contribution in [2.24, 2.45) is 5.73 Å². The molecule has 1 rings (SSSR count). The quantitative estimate of drug-likeness (QED) is 0.678. The summed E-state index contributed by atoms with van der Waals surface area (Å²) in [5.74, 6) is 0.0535. The van der Waals surface area contributed by atoms with Gasteiger partial charge in [0.15, 0.2) is 0 Å². The van der Waals surface area contributed by atoms with Crippen LogP contribution >= 0.6 is 11.6 Å². The number of phenolic OH excluding ortho intramolecular Hbond substituents is 1. The fraction of sp³-hybridized carbons (Fsp3) is 0.333. The molecule has 2 atom stereocenters. The molecule has 0 unspecified atom stereocenters. The summed E-state index contributed by atoms with van der Waals surface area (Å²) in [6.07, 6.45) is -0.718. The van der Waals surface area contributed by atoms with Crippen LogP contribution in [0.15, 0.2) is 18.2 Å². The van der Waals surface area contributed by atoms with E-state index in [1.165, 1.54) is 6.07 Å². The number of phenols is 1. The minimum atomic E-state index is -0.718. The lowest BCUT2D eigenvalue weighted by molar-refractivity contribution is 0.163. The zero-order valence-electron chi connectivity index (χ0n) is 7.24. The number of aliphatic hydroxyl groups is 1. The first-order chi connectivity index (χ1) is 6.02. The Morgan fingerprint density at radius 2 is 2.08 bits per heavy atom. The molecule has 3 nitrogen and oxygen atoms in total. The summed E-state index contributed by atoms with van der Waals surface area (Å²) < 4.78 is 0. The highest BCUT2D eigenvalue weighted by Gasteiger charge is 2.15. The van der Waals surface area contributed by atoms with Gasteiger partial charge in [-0.1, -0.05) is 11.6 Å². The van der Waals surface area contributed by atoms with Gasteiger partial charge in [-0.25, -0.2) is 0 Å². The molecule has 13 heavy (non-hydrogen) atoms. The van der Waals surface area contributed by atoms with E-state index in [9.17, 15) is 10.2 Å². The van der Waals surface area contributed by atoms with Crippen molar-refractivity contribution >= 4 is 11.6 Å². The summed E-state index contributed by atoms with van der Waals surface area (Å²) in [5, 5.41) is 19.1. The third kappa shape index (κ3) is 2.34. The third-order valence-corrected chi connectivity index (χ3v) is 2.10. The summed E-state index contributed by atoms with van der Waals surface area (Å²) in [4.78, 5) is 0. The van der Waals surface area contributed by atoms with Crippen molar-refractivity contribution < 1.29 is 10.2 Å². The molecule has 0 amide bonds.